The summed E-state index contributed by atoms with van der Waals surface area (Å²) in [5.74, 6) is -0.0856. The highest BCUT2D eigenvalue weighted by molar-refractivity contribution is 6.35. The number of halogens is 2. The van der Waals surface area contributed by atoms with Gasteiger partial charge in [-0.05, 0) is 29.5 Å². The normalized spacial score (nSPS) is 11.6. The van der Waals surface area contributed by atoms with Gasteiger partial charge in [0.1, 0.15) is 12.7 Å². The molecule has 0 amide bonds. The quantitative estimate of drug-likeness (QED) is 0.860. The van der Waals surface area contributed by atoms with Gasteiger partial charge in [0.15, 0.2) is 0 Å². The molecule has 0 unspecified atom stereocenters. The molecule has 0 aliphatic carbocycles. The van der Waals surface area contributed by atoms with Gasteiger partial charge in [-0.1, -0.05) is 43.1 Å². The lowest BCUT2D eigenvalue weighted by molar-refractivity contribution is 0.0830. The molecule has 2 aromatic rings. The van der Waals surface area contributed by atoms with E-state index in [2.05, 4.69) is 10.1 Å². The average molecular weight is 312 g/mol. The van der Waals surface area contributed by atoms with E-state index in [1.54, 1.807) is 12.1 Å². The average Bonchev–Trinajstić information content (AvgIpc) is 2.86. The molecular weight excluding hydrogens is 297 g/mol. The highest BCUT2D eigenvalue weighted by atomic mass is 35.5. The number of aromatic nitrogens is 3. The van der Waals surface area contributed by atoms with E-state index in [0.717, 1.165) is 5.56 Å². The Morgan fingerprint density at radius 3 is 2.70 bits per heavy atom. The van der Waals surface area contributed by atoms with E-state index in [4.69, 9.17) is 23.2 Å². The minimum absolute atomic E-state index is 0.0856. The van der Waals surface area contributed by atoms with E-state index in [0.29, 0.717) is 22.9 Å². The van der Waals surface area contributed by atoms with Crippen molar-refractivity contribution in [1.29, 1.82) is 0 Å². The third kappa shape index (κ3) is 3.81. The summed E-state index contributed by atoms with van der Waals surface area (Å²) in [7, 11) is 0. The molecule has 0 saturated carbocycles. The molecule has 20 heavy (non-hydrogen) atoms. The molecule has 4 nitrogen and oxygen atoms in total. The molecule has 1 aromatic carbocycles. The molecule has 6 heteroatoms. The third-order valence-electron chi connectivity index (χ3n) is 2.99. The predicted molar refractivity (Wildman–Crippen MR) is 79.2 cm³/mol. The number of carbonyl (C=O) groups is 1. The summed E-state index contributed by atoms with van der Waals surface area (Å²) in [4.78, 5) is 15.8. The van der Waals surface area contributed by atoms with Crippen LogP contribution in [0, 0.1) is 5.41 Å². The van der Waals surface area contributed by atoms with E-state index in [9.17, 15) is 4.79 Å². The fourth-order valence-electron chi connectivity index (χ4n) is 2.07. The van der Waals surface area contributed by atoms with Crippen molar-refractivity contribution in [3.8, 4) is 0 Å². The monoisotopic (exact) mass is 311 g/mol. The van der Waals surface area contributed by atoms with Crippen LogP contribution >= 0.6 is 23.2 Å². The minimum Gasteiger partial charge on any atom is -0.273 e. The van der Waals surface area contributed by atoms with Gasteiger partial charge in [0.05, 0.1) is 0 Å². The number of nitrogens with zero attached hydrogens (tertiary/aromatic N) is 3. The Bertz CT molecular complexity index is 609. The van der Waals surface area contributed by atoms with Crippen LogP contribution in [0.25, 0.3) is 0 Å². The van der Waals surface area contributed by atoms with E-state index < -0.39 is 0 Å². The molecule has 0 N–H and O–H groups in total. The molecule has 0 spiro atoms. The minimum atomic E-state index is -0.236. The van der Waals surface area contributed by atoms with Crippen molar-refractivity contribution >= 4 is 29.1 Å². The Hall–Kier alpha value is -1.39. The van der Waals surface area contributed by atoms with Crippen molar-refractivity contribution in [1.82, 2.24) is 14.8 Å². The summed E-state index contributed by atoms with van der Waals surface area (Å²) >= 11 is 12.1. The van der Waals surface area contributed by atoms with Crippen LogP contribution in [0.15, 0.2) is 30.9 Å². The van der Waals surface area contributed by atoms with Crippen LogP contribution in [-0.2, 0) is 6.42 Å². The smallest absolute Gasteiger partial charge is 0.248 e. The molecular formula is C14H15Cl2N3O. The zero-order chi connectivity index (χ0) is 14.8. The maximum atomic E-state index is 12.1. The lowest BCUT2D eigenvalue weighted by Crippen LogP contribution is -2.24. The maximum absolute atomic E-state index is 12.1. The number of carbonyl (C=O) groups excluding carboxylic acids is 1. The second-order valence-corrected chi connectivity index (χ2v) is 6.33. The summed E-state index contributed by atoms with van der Waals surface area (Å²) in [6.45, 7) is 4.04. The number of hydrogen-bond donors (Lipinski definition) is 0. The number of benzene rings is 1. The van der Waals surface area contributed by atoms with Crippen molar-refractivity contribution in [3.63, 3.8) is 0 Å². The molecule has 0 fully saturated rings. The molecule has 0 radical (unpaired) electrons. The Morgan fingerprint density at radius 1 is 1.35 bits per heavy atom. The summed E-state index contributed by atoms with van der Waals surface area (Å²) in [5.41, 5.74) is 0.744. The van der Waals surface area contributed by atoms with Crippen LogP contribution in [0.4, 0.5) is 0 Å². The van der Waals surface area contributed by atoms with Crippen molar-refractivity contribution in [3.05, 3.63) is 46.5 Å². The van der Waals surface area contributed by atoms with Crippen molar-refractivity contribution in [2.45, 2.75) is 26.7 Å². The highest BCUT2D eigenvalue weighted by Crippen LogP contribution is 2.31. The highest BCUT2D eigenvalue weighted by Gasteiger charge is 2.24. The Morgan fingerprint density at radius 2 is 2.10 bits per heavy atom. The molecule has 0 saturated heterocycles. The van der Waals surface area contributed by atoms with Gasteiger partial charge >= 0.3 is 0 Å². The largest absolute Gasteiger partial charge is 0.273 e. The fourth-order valence-corrected chi connectivity index (χ4v) is 2.55. The molecule has 0 aliphatic heterocycles. The molecule has 1 aromatic heterocycles. The standard InChI is InChI=1S/C14H15Cl2N3O/c1-14(2,7-13(20)19-9-17-8-18-19)6-10-3-4-11(15)5-12(10)16/h3-5,8-9H,6-7H2,1-2H3. The van der Waals surface area contributed by atoms with E-state index >= 15 is 0 Å². The zero-order valence-electron chi connectivity index (χ0n) is 11.3. The van der Waals surface area contributed by atoms with Gasteiger partial charge in [0.25, 0.3) is 0 Å². The fraction of sp³-hybridized carbons (Fsp3) is 0.357. The van der Waals surface area contributed by atoms with Gasteiger partial charge in [0, 0.05) is 16.5 Å². The van der Waals surface area contributed by atoms with Crippen molar-refractivity contribution < 1.29 is 4.79 Å². The van der Waals surface area contributed by atoms with Crippen LogP contribution in [0.3, 0.4) is 0 Å². The second-order valence-electron chi connectivity index (χ2n) is 5.49. The predicted octanol–water partition coefficient (Wildman–Crippen LogP) is 3.88. The first kappa shape index (κ1) is 15.0. The van der Waals surface area contributed by atoms with Gasteiger partial charge in [-0.25, -0.2) is 4.98 Å². The lowest BCUT2D eigenvalue weighted by atomic mass is 9.82. The molecule has 2 rings (SSSR count). The lowest BCUT2D eigenvalue weighted by Gasteiger charge is -2.24. The maximum Gasteiger partial charge on any atom is 0.248 e. The summed E-state index contributed by atoms with van der Waals surface area (Å²) in [6.07, 6.45) is 3.80. The van der Waals surface area contributed by atoms with Gasteiger partial charge in [-0.3, -0.25) is 4.79 Å². The summed E-state index contributed by atoms with van der Waals surface area (Å²) in [5, 5.41) is 5.08. The molecule has 0 atom stereocenters. The molecule has 0 aliphatic rings. The van der Waals surface area contributed by atoms with Crippen molar-refractivity contribution in [2.24, 2.45) is 5.41 Å². The second kappa shape index (κ2) is 5.94. The Labute approximate surface area is 127 Å². The zero-order valence-corrected chi connectivity index (χ0v) is 12.8. The van der Waals surface area contributed by atoms with E-state index in [1.165, 1.54) is 17.3 Å². The van der Waals surface area contributed by atoms with Gasteiger partial charge < -0.3 is 0 Å². The Balaban J connectivity index is 2.09. The van der Waals surface area contributed by atoms with Crippen LogP contribution in [0.5, 0.6) is 0 Å². The number of hydrogen-bond acceptors (Lipinski definition) is 3. The van der Waals surface area contributed by atoms with Crippen LogP contribution in [0.2, 0.25) is 10.0 Å². The topological polar surface area (TPSA) is 47.8 Å². The SMILES string of the molecule is CC(C)(CC(=O)n1cncn1)Cc1ccc(Cl)cc1Cl. The first-order valence-electron chi connectivity index (χ1n) is 6.19. The van der Waals surface area contributed by atoms with E-state index in [-0.39, 0.29) is 11.3 Å². The van der Waals surface area contributed by atoms with Gasteiger partial charge in [-0.15, -0.1) is 0 Å². The summed E-state index contributed by atoms with van der Waals surface area (Å²) in [6, 6.07) is 5.41. The van der Waals surface area contributed by atoms with Crippen LogP contribution in [0.1, 0.15) is 30.6 Å². The first-order chi connectivity index (χ1) is 9.37. The van der Waals surface area contributed by atoms with Crippen molar-refractivity contribution in [2.75, 3.05) is 0 Å². The molecule has 1 heterocycles. The Kier molecular flexibility index (Phi) is 4.45. The summed E-state index contributed by atoms with van der Waals surface area (Å²) < 4.78 is 1.26. The van der Waals surface area contributed by atoms with E-state index in [1.807, 2.05) is 19.9 Å². The molecule has 106 valence electrons. The van der Waals surface area contributed by atoms with Crippen LogP contribution in [-0.4, -0.2) is 20.7 Å². The van der Waals surface area contributed by atoms with Gasteiger partial charge in [0.2, 0.25) is 5.91 Å². The first-order valence-corrected chi connectivity index (χ1v) is 6.95. The third-order valence-corrected chi connectivity index (χ3v) is 3.58. The van der Waals surface area contributed by atoms with Crippen LogP contribution < -0.4 is 0 Å². The number of rotatable bonds is 4. The molecule has 0 bridgehead atoms. The van der Waals surface area contributed by atoms with Gasteiger partial charge in [-0.2, -0.15) is 9.78 Å².